The van der Waals surface area contributed by atoms with Crippen LogP contribution in [-0.2, 0) is 10.0 Å². The minimum atomic E-state index is -3.96. The molecule has 2 N–H and O–H groups in total. The molecule has 8 heteroatoms. The monoisotopic (exact) mass is 303 g/mol. The van der Waals surface area contributed by atoms with E-state index in [1.54, 1.807) is 13.1 Å². The topological polar surface area (TPSA) is 74.8 Å². The van der Waals surface area contributed by atoms with E-state index in [-0.39, 0.29) is 5.02 Å². The van der Waals surface area contributed by atoms with E-state index in [4.69, 9.17) is 11.6 Å². The van der Waals surface area contributed by atoms with Gasteiger partial charge in [-0.3, -0.25) is 5.10 Å². The first-order valence-corrected chi connectivity index (χ1v) is 7.22. The van der Waals surface area contributed by atoms with Crippen LogP contribution in [0, 0.1) is 5.82 Å². The standard InChI is InChI=1S/C11H11ClFN3O2S/c1-7(8-5-14-15-6-8)16-19(17,18)11-3-2-9(12)4-10(11)13/h2-7,16H,1H3,(H,14,15). The summed E-state index contributed by atoms with van der Waals surface area (Å²) in [6, 6.07) is 2.88. The molecule has 0 bridgehead atoms. The van der Waals surface area contributed by atoms with Crippen LogP contribution in [0.2, 0.25) is 5.02 Å². The van der Waals surface area contributed by atoms with Gasteiger partial charge in [0, 0.05) is 22.8 Å². The summed E-state index contributed by atoms with van der Waals surface area (Å²) >= 11 is 5.59. The first-order chi connectivity index (χ1) is 8.90. The first kappa shape index (κ1) is 14.0. The van der Waals surface area contributed by atoms with E-state index in [9.17, 15) is 12.8 Å². The van der Waals surface area contributed by atoms with Crippen LogP contribution in [0.4, 0.5) is 4.39 Å². The Kier molecular flexibility index (Phi) is 3.88. The molecule has 0 aliphatic heterocycles. The highest BCUT2D eigenvalue weighted by molar-refractivity contribution is 7.89. The molecule has 0 radical (unpaired) electrons. The smallest absolute Gasteiger partial charge is 0.244 e. The number of hydrogen-bond acceptors (Lipinski definition) is 3. The number of halogens is 2. The Hall–Kier alpha value is -1.44. The highest BCUT2D eigenvalue weighted by Crippen LogP contribution is 2.21. The number of hydrogen-bond donors (Lipinski definition) is 2. The summed E-state index contributed by atoms with van der Waals surface area (Å²) in [5, 5.41) is 6.44. The molecule has 1 aromatic carbocycles. The molecule has 0 aliphatic carbocycles. The Morgan fingerprint density at radius 1 is 1.47 bits per heavy atom. The van der Waals surface area contributed by atoms with Crippen LogP contribution in [0.15, 0.2) is 35.5 Å². The lowest BCUT2D eigenvalue weighted by molar-refractivity contribution is 0.547. The van der Waals surface area contributed by atoms with Crippen molar-refractivity contribution in [2.75, 3.05) is 0 Å². The summed E-state index contributed by atoms with van der Waals surface area (Å²) in [6.45, 7) is 1.64. The molecule has 1 atom stereocenters. The zero-order valence-electron chi connectivity index (χ0n) is 9.89. The van der Waals surface area contributed by atoms with E-state index in [1.807, 2.05) is 0 Å². The predicted molar refractivity (Wildman–Crippen MR) is 68.7 cm³/mol. The van der Waals surface area contributed by atoms with Crippen LogP contribution >= 0.6 is 11.6 Å². The number of sulfonamides is 1. The van der Waals surface area contributed by atoms with Crippen LogP contribution in [0.5, 0.6) is 0 Å². The van der Waals surface area contributed by atoms with E-state index in [0.717, 1.165) is 12.1 Å². The zero-order chi connectivity index (χ0) is 14.0. The SMILES string of the molecule is CC(NS(=O)(=O)c1ccc(Cl)cc1F)c1cn[nH]c1. The van der Waals surface area contributed by atoms with Crippen LogP contribution < -0.4 is 4.72 Å². The predicted octanol–water partition coefficient (Wildman–Crippen LogP) is 2.24. The number of nitrogens with one attached hydrogen (secondary N) is 2. The summed E-state index contributed by atoms with van der Waals surface area (Å²) in [6.07, 6.45) is 3.05. The van der Waals surface area contributed by atoms with Gasteiger partial charge in [-0.15, -0.1) is 0 Å². The molecule has 0 aliphatic rings. The number of aromatic nitrogens is 2. The van der Waals surface area contributed by atoms with Gasteiger partial charge in [-0.25, -0.2) is 17.5 Å². The molecular weight excluding hydrogens is 293 g/mol. The minimum absolute atomic E-state index is 0.138. The average Bonchev–Trinajstić information content (AvgIpc) is 2.80. The van der Waals surface area contributed by atoms with Gasteiger partial charge in [0.05, 0.1) is 6.20 Å². The van der Waals surface area contributed by atoms with Crippen molar-refractivity contribution < 1.29 is 12.8 Å². The maximum Gasteiger partial charge on any atom is 0.244 e. The Morgan fingerprint density at radius 3 is 2.79 bits per heavy atom. The van der Waals surface area contributed by atoms with Gasteiger partial charge < -0.3 is 0 Å². The van der Waals surface area contributed by atoms with Gasteiger partial charge in [0.2, 0.25) is 10.0 Å². The number of benzene rings is 1. The molecule has 102 valence electrons. The number of H-pyrrole nitrogens is 1. The lowest BCUT2D eigenvalue weighted by Gasteiger charge is -2.13. The van der Waals surface area contributed by atoms with E-state index >= 15 is 0 Å². The largest absolute Gasteiger partial charge is 0.285 e. The molecule has 1 heterocycles. The van der Waals surface area contributed by atoms with Crippen LogP contribution in [-0.4, -0.2) is 18.6 Å². The number of aromatic amines is 1. The first-order valence-electron chi connectivity index (χ1n) is 5.36. The molecule has 0 saturated heterocycles. The Morgan fingerprint density at radius 2 is 2.21 bits per heavy atom. The van der Waals surface area contributed by atoms with E-state index in [0.29, 0.717) is 5.56 Å². The average molecular weight is 304 g/mol. The summed E-state index contributed by atoms with van der Waals surface area (Å²) in [4.78, 5) is -0.438. The Labute approximate surface area is 114 Å². The van der Waals surface area contributed by atoms with Crippen molar-refractivity contribution >= 4 is 21.6 Å². The maximum absolute atomic E-state index is 13.6. The van der Waals surface area contributed by atoms with E-state index < -0.39 is 26.8 Å². The molecule has 0 amide bonds. The fourth-order valence-corrected chi connectivity index (χ4v) is 3.01. The van der Waals surface area contributed by atoms with Crippen molar-refractivity contribution in [3.63, 3.8) is 0 Å². The third-order valence-electron chi connectivity index (χ3n) is 2.53. The van der Waals surface area contributed by atoms with Gasteiger partial charge in [0.1, 0.15) is 10.7 Å². The summed E-state index contributed by atoms with van der Waals surface area (Å²) in [5.41, 5.74) is 0.651. The van der Waals surface area contributed by atoms with Crippen LogP contribution in [0.1, 0.15) is 18.5 Å². The van der Waals surface area contributed by atoms with Crippen LogP contribution in [0.3, 0.4) is 0 Å². The van der Waals surface area contributed by atoms with Crippen molar-refractivity contribution in [1.29, 1.82) is 0 Å². The van der Waals surface area contributed by atoms with Gasteiger partial charge in [-0.2, -0.15) is 5.10 Å². The fraction of sp³-hybridized carbons (Fsp3) is 0.182. The Balaban J connectivity index is 2.28. The molecule has 2 aromatic rings. The molecule has 5 nitrogen and oxygen atoms in total. The number of rotatable bonds is 4. The van der Waals surface area contributed by atoms with Crippen molar-refractivity contribution in [2.24, 2.45) is 0 Å². The highest BCUT2D eigenvalue weighted by Gasteiger charge is 2.22. The lowest BCUT2D eigenvalue weighted by Crippen LogP contribution is -2.27. The van der Waals surface area contributed by atoms with Gasteiger partial charge in [-0.05, 0) is 25.1 Å². The quantitative estimate of drug-likeness (QED) is 0.909. The summed E-state index contributed by atoms with van der Waals surface area (Å²) < 4.78 is 40.1. The van der Waals surface area contributed by atoms with E-state index in [2.05, 4.69) is 14.9 Å². The molecule has 0 saturated carbocycles. The molecule has 1 aromatic heterocycles. The Bertz CT molecular complexity index is 673. The molecule has 0 spiro atoms. The lowest BCUT2D eigenvalue weighted by atomic mass is 10.2. The maximum atomic E-state index is 13.6. The second kappa shape index (κ2) is 5.28. The van der Waals surface area contributed by atoms with Gasteiger partial charge >= 0.3 is 0 Å². The van der Waals surface area contributed by atoms with Crippen molar-refractivity contribution in [3.8, 4) is 0 Å². The van der Waals surface area contributed by atoms with Gasteiger partial charge in [0.15, 0.2) is 0 Å². The molecular formula is C11H11ClFN3O2S. The molecule has 19 heavy (non-hydrogen) atoms. The van der Waals surface area contributed by atoms with Gasteiger partial charge in [-0.1, -0.05) is 11.6 Å². The van der Waals surface area contributed by atoms with Crippen LogP contribution in [0.25, 0.3) is 0 Å². The minimum Gasteiger partial charge on any atom is -0.285 e. The molecule has 1 unspecified atom stereocenters. The van der Waals surface area contributed by atoms with Crippen molar-refractivity contribution in [3.05, 3.63) is 47.0 Å². The second-order valence-corrected chi connectivity index (χ2v) is 6.07. The molecule has 2 rings (SSSR count). The van der Waals surface area contributed by atoms with E-state index in [1.165, 1.54) is 12.3 Å². The summed E-state index contributed by atoms with van der Waals surface area (Å²) in [5.74, 6) is -0.889. The fourth-order valence-electron chi connectivity index (χ4n) is 1.56. The van der Waals surface area contributed by atoms with Gasteiger partial charge in [0.25, 0.3) is 0 Å². The second-order valence-electron chi connectivity index (χ2n) is 3.95. The molecule has 0 fully saturated rings. The number of nitrogens with zero attached hydrogens (tertiary/aromatic N) is 1. The van der Waals surface area contributed by atoms with Crippen molar-refractivity contribution in [2.45, 2.75) is 17.9 Å². The third-order valence-corrected chi connectivity index (χ3v) is 4.34. The summed E-state index contributed by atoms with van der Waals surface area (Å²) in [7, 11) is -3.96. The van der Waals surface area contributed by atoms with Crippen molar-refractivity contribution in [1.82, 2.24) is 14.9 Å². The zero-order valence-corrected chi connectivity index (χ0v) is 11.5. The normalized spacial score (nSPS) is 13.4. The third kappa shape index (κ3) is 3.12. The highest BCUT2D eigenvalue weighted by atomic mass is 35.5.